The third-order valence-electron chi connectivity index (χ3n) is 3.30. The monoisotopic (exact) mass is 361 g/mol. The second kappa shape index (κ2) is 7.18. The summed E-state index contributed by atoms with van der Waals surface area (Å²) >= 11 is 6.09. The summed E-state index contributed by atoms with van der Waals surface area (Å²) in [5.74, 6) is 0.912. The van der Waals surface area contributed by atoms with Gasteiger partial charge in [0.1, 0.15) is 5.75 Å². The Hall–Kier alpha value is -3.13. The molecule has 0 radical (unpaired) electrons. The average molecular weight is 362 g/mol. The number of nitrogens with zero attached hydrogens (tertiary/aromatic N) is 3. The summed E-state index contributed by atoms with van der Waals surface area (Å²) in [6.07, 6.45) is 0. The fourth-order valence-corrected chi connectivity index (χ4v) is 2.31. The lowest BCUT2D eigenvalue weighted by Gasteiger charge is -2.05. The van der Waals surface area contributed by atoms with Crippen LogP contribution in [0, 0.1) is 10.1 Å². The van der Waals surface area contributed by atoms with Gasteiger partial charge < -0.3 is 14.0 Å². The van der Waals surface area contributed by atoms with E-state index in [1.54, 1.807) is 30.3 Å². The lowest BCUT2D eigenvalue weighted by molar-refractivity contribution is -0.386. The molecule has 1 heterocycles. The Morgan fingerprint density at radius 2 is 2.08 bits per heavy atom. The van der Waals surface area contributed by atoms with Gasteiger partial charge in [0.2, 0.25) is 5.82 Å². The molecular formula is C16H12ClN3O5. The fraction of sp³-hybridized carbons (Fsp3) is 0.125. The van der Waals surface area contributed by atoms with Crippen LogP contribution in [0.3, 0.4) is 0 Å². The second-order valence-corrected chi connectivity index (χ2v) is 5.28. The standard InChI is InChI=1S/C16H12ClN3O5/c1-23-10-6-7-14(13(8-10)20(21)22)24-9-15-18-16(19-25-15)11-4-2-3-5-12(11)17/h2-8H,9H2,1H3. The van der Waals surface area contributed by atoms with Crippen molar-refractivity contribution >= 4 is 17.3 Å². The number of nitro benzene ring substituents is 1. The summed E-state index contributed by atoms with van der Waals surface area (Å²) in [6, 6.07) is 11.3. The zero-order chi connectivity index (χ0) is 17.8. The molecule has 0 saturated heterocycles. The van der Waals surface area contributed by atoms with Crippen LogP contribution in [0.25, 0.3) is 11.4 Å². The smallest absolute Gasteiger partial charge is 0.314 e. The molecule has 0 unspecified atom stereocenters. The molecule has 128 valence electrons. The van der Waals surface area contributed by atoms with Gasteiger partial charge in [-0.1, -0.05) is 28.9 Å². The third kappa shape index (κ3) is 3.69. The number of hydrogen-bond donors (Lipinski definition) is 0. The molecule has 0 N–H and O–H groups in total. The number of rotatable bonds is 6. The molecule has 0 spiro atoms. The largest absolute Gasteiger partial charge is 0.496 e. The molecule has 1 aromatic heterocycles. The van der Waals surface area contributed by atoms with E-state index in [-0.39, 0.29) is 23.9 Å². The first-order valence-corrected chi connectivity index (χ1v) is 7.49. The van der Waals surface area contributed by atoms with Crippen molar-refractivity contribution in [2.75, 3.05) is 7.11 Å². The summed E-state index contributed by atoms with van der Waals surface area (Å²) in [5, 5.41) is 15.5. The number of halogens is 1. The maximum absolute atomic E-state index is 11.1. The first kappa shape index (κ1) is 16.7. The number of hydrogen-bond acceptors (Lipinski definition) is 7. The van der Waals surface area contributed by atoms with Crippen molar-refractivity contribution in [2.45, 2.75) is 6.61 Å². The molecule has 0 fully saturated rings. The highest BCUT2D eigenvalue weighted by Crippen LogP contribution is 2.31. The summed E-state index contributed by atoms with van der Waals surface area (Å²) in [6.45, 7) is -0.120. The van der Waals surface area contributed by atoms with Crippen LogP contribution in [0.5, 0.6) is 11.5 Å². The molecule has 0 bridgehead atoms. The highest BCUT2D eigenvalue weighted by atomic mass is 35.5. The van der Waals surface area contributed by atoms with E-state index in [9.17, 15) is 10.1 Å². The normalized spacial score (nSPS) is 10.5. The Kier molecular flexibility index (Phi) is 4.80. The minimum atomic E-state index is -0.555. The lowest BCUT2D eigenvalue weighted by Crippen LogP contribution is -2.00. The molecule has 3 rings (SSSR count). The predicted octanol–water partition coefficient (Wildman–Crippen LogP) is 3.89. The van der Waals surface area contributed by atoms with E-state index in [0.717, 1.165) is 0 Å². The van der Waals surface area contributed by atoms with Crippen molar-refractivity contribution in [3.63, 3.8) is 0 Å². The quantitative estimate of drug-likeness (QED) is 0.485. The zero-order valence-corrected chi connectivity index (χ0v) is 13.8. The third-order valence-corrected chi connectivity index (χ3v) is 3.63. The molecule has 0 atom stereocenters. The highest BCUT2D eigenvalue weighted by molar-refractivity contribution is 6.33. The molecule has 0 amide bonds. The summed E-state index contributed by atoms with van der Waals surface area (Å²) < 4.78 is 15.5. The van der Waals surface area contributed by atoms with Crippen LogP contribution in [-0.2, 0) is 6.61 Å². The number of benzene rings is 2. The van der Waals surface area contributed by atoms with E-state index >= 15 is 0 Å². The van der Waals surface area contributed by atoms with Gasteiger partial charge in [0.15, 0.2) is 12.4 Å². The summed E-state index contributed by atoms with van der Waals surface area (Å²) in [4.78, 5) is 14.8. The first-order chi connectivity index (χ1) is 12.1. The molecule has 0 aliphatic carbocycles. The van der Waals surface area contributed by atoms with Crippen molar-refractivity contribution in [1.82, 2.24) is 10.1 Å². The van der Waals surface area contributed by atoms with Gasteiger partial charge in [-0.05, 0) is 24.3 Å². The van der Waals surface area contributed by atoms with Crippen LogP contribution < -0.4 is 9.47 Å². The molecule has 25 heavy (non-hydrogen) atoms. The van der Waals surface area contributed by atoms with Gasteiger partial charge in [0.25, 0.3) is 5.89 Å². The topological polar surface area (TPSA) is 101 Å². The SMILES string of the molecule is COc1ccc(OCc2nc(-c3ccccc3Cl)no2)c([N+](=O)[O-])c1. The Bertz CT molecular complexity index is 912. The minimum Gasteiger partial charge on any atom is -0.496 e. The summed E-state index contributed by atoms with van der Waals surface area (Å²) in [7, 11) is 1.42. The molecule has 0 saturated carbocycles. The molecule has 0 aliphatic heterocycles. The molecule has 2 aromatic carbocycles. The first-order valence-electron chi connectivity index (χ1n) is 7.11. The zero-order valence-electron chi connectivity index (χ0n) is 13.0. The van der Waals surface area contributed by atoms with Gasteiger partial charge in [-0.2, -0.15) is 4.98 Å². The average Bonchev–Trinajstić information content (AvgIpc) is 3.09. The van der Waals surface area contributed by atoms with Crippen molar-refractivity contribution in [2.24, 2.45) is 0 Å². The van der Waals surface area contributed by atoms with E-state index in [2.05, 4.69) is 10.1 Å². The van der Waals surface area contributed by atoms with Gasteiger partial charge in [-0.15, -0.1) is 0 Å². The van der Waals surface area contributed by atoms with Crippen LogP contribution in [0.4, 0.5) is 5.69 Å². The molecule has 8 nitrogen and oxygen atoms in total. The molecule has 0 aliphatic rings. The second-order valence-electron chi connectivity index (χ2n) is 4.87. The van der Waals surface area contributed by atoms with Crippen LogP contribution in [-0.4, -0.2) is 22.2 Å². The minimum absolute atomic E-state index is 0.0725. The van der Waals surface area contributed by atoms with Crippen molar-refractivity contribution in [3.8, 4) is 22.9 Å². The number of nitro groups is 1. The van der Waals surface area contributed by atoms with E-state index in [4.69, 9.17) is 25.6 Å². The highest BCUT2D eigenvalue weighted by Gasteiger charge is 2.18. The van der Waals surface area contributed by atoms with Crippen molar-refractivity contribution in [1.29, 1.82) is 0 Å². The number of aromatic nitrogens is 2. The van der Waals surface area contributed by atoms with Crippen LogP contribution in [0.2, 0.25) is 5.02 Å². The van der Waals surface area contributed by atoms with E-state index in [0.29, 0.717) is 22.2 Å². The van der Waals surface area contributed by atoms with Gasteiger partial charge >= 0.3 is 5.69 Å². The Morgan fingerprint density at radius 3 is 2.80 bits per heavy atom. The van der Waals surface area contributed by atoms with Gasteiger partial charge in [-0.25, -0.2) is 0 Å². The van der Waals surface area contributed by atoms with E-state index in [1.807, 2.05) is 0 Å². The molecule has 9 heteroatoms. The Morgan fingerprint density at radius 1 is 1.28 bits per heavy atom. The van der Waals surface area contributed by atoms with E-state index in [1.165, 1.54) is 19.2 Å². The number of methoxy groups -OCH3 is 1. The summed E-state index contributed by atoms with van der Waals surface area (Å²) in [5.41, 5.74) is 0.403. The van der Waals surface area contributed by atoms with Crippen LogP contribution in [0.15, 0.2) is 47.0 Å². The predicted molar refractivity (Wildman–Crippen MR) is 88.7 cm³/mol. The number of ether oxygens (including phenoxy) is 2. The van der Waals surface area contributed by atoms with E-state index < -0.39 is 4.92 Å². The van der Waals surface area contributed by atoms with Crippen molar-refractivity contribution in [3.05, 3.63) is 63.5 Å². The fourth-order valence-electron chi connectivity index (χ4n) is 2.09. The van der Waals surface area contributed by atoms with Crippen LogP contribution >= 0.6 is 11.6 Å². The van der Waals surface area contributed by atoms with Crippen molar-refractivity contribution < 1.29 is 18.9 Å². The van der Waals surface area contributed by atoms with Gasteiger partial charge in [-0.3, -0.25) is 10.1 Å². The maximum atomic E-state index is 11.1. The van der Waals surface area contributed by atoms with Crippen LogP contribution in [0.1, 0.15) is 5.89 Å². The maximum Gasteiger partial charge on any atom is 0.314 e. The molecule has 3 aromatic rings. The Balaban J connectivity index is 1.77. The van der Waals surface area contributed by atoms with Gasteiger partial charge in [0, 0.05) is 5.56 Å². The molecular weight excluding hydrogens is 350 g/mol. The lowest BCUT2D eigenvalue weighted by atomic mass is 10.2. The Labute approximate surface area is 147 Å². The van der Waals surface area contributed by atoms with Gasteiger partial charge in [0.05, 0.1) is 23.1 Å².